The smallest absolute Gasteiger partial charge is 0.272 e. The van der Waals surface area contributed by atoms with Crippen molar-refractivity contribution in [2.75, 3.05) is 26.2 Å². The first-order valence-electron chi connectivity index (χ1n) is 6.41. The van der Waals surface area contributed by atoms with Gasteiger partial charge in [0, 0.05) is 24.8 Å². The van der Waals surface area contributed by atoms with Crippen molar-refractivity contribution in [2.45, 2.75) is 6.42 Å². The standard InChI is InChI=1S/C14H16N4O2/c15-6-1-3-11-4-5-12(17-9-11)14(20)18-8-2-7-16-13(19)10-18/h4-5,9H,2,6-8,10,15H2,(H,16,19). The average Bonchev–Trinajstić information content (AvgIpc) is 2.69. The predicted octanol–water partition coefficient (Wildman–Crippen LogP) is -0.646. The fourth-order valence-corrected chi connectivity index (χ4v) is 1.89. The van der Waals surface area contributed by atoms with Gasteiger partial charge in [0.05, 0.1) is 13.1 Å². The molecule has 0 spiro atoms. The molecule has 0 atom stereocenters. The summed E-state index contributed by atoms with van der Waals surface area (Å²) in [6.45, 7) is 1.51. The van der Waals surface area contributed by atoms with Gasteiger partial charge in [0.25, 0.3) is 5.91 Å². The van der Waals surface area contributed by atoms with Gasteiger partial charge in [-0.2, -0.15) is 0 Å². The molecule has 2 heterocycles. The average molecular weight is 272 g/mol. The van der Waals surface area contributed by atoms with Crippen LogP contribution in [0.5, 0.6) is 0 Å². The predicted molar refractivity (Wildman–Crippen MR) is 73.7 cm³/mol. The zero-order valence-corrected chi connectivity index (χ0v) is 11.1. The van der Waals surface area contributed by atoms with Crippen LogP contribution in [0.25, 0.3) is 0 Å². The summed E-state index contributed by atoms with van der Waals surface area (Å²) in [5.74, 6) is 5.19. The van der Waals surface area contributed by atoms with E-state index in [4.69, 9.17) is 5.73 Å². The van der Waals surface area contributed by atoms with E-state index >= 15 is 0 Å². The minimum Gasteiger partial charge on any atom is -0.354 e. The normalized spacial score (nSPS) is 14.8. The number of aromatic nitrogens is 1. The van der Waals surface area contributed by atoms with Crippen molar-refractivity contribution < 1.29 is 9.59 Å². The van der Waals surface area contributed by atoms with Gasteiger partial charge in [-0.25, -0.2) is 4.98 Å². The van der Waals surface area contributed by atoms with Gasteiger partial charge in [0.15, 0.2) is 0 Å². The van der Waals surface area contributed by atoms with Crippen LogP contribution in [-0.4, -0.2) is 47.9 Å². The second kappa shape index (κ2) is 6.68. The number of hydrogen-bond donors (Lipinski definition) is 2. The van der Waals surface area contributed by atoms with Crippen LogP contribution in [0.4, 0.5) is 0 Å². The molecule has 1 fully saturated rings. The molecule has 6 nitrogen and oxygen atoms in total. The molecular formula is C14H16N4O2. The summed E-state index contributed by atoms with van der Waals surface area (Å²) in [5, 5.41) is 2.73. The third-order valence-electron chi connectivity index (χ3n) is 2.87. The quantitative estimate of drug-likeness (QED) is 0.665. The van der Waals surface area contributed by atoms with Gasteiger partial charge >= 0.3 is 0 Å². The van der Waals surface area contributed by atoms with E-state index in [1.807, 2.05) is 0 Å². The summed E-state index contributed by atoms with van der Waals surface area (Å²) in [4.78, 5) is 29.3. The van der Waals surface area contributed by atoms with Crippen LogP contribution in [-0.2, 0) is 4.79 Å². The van der Waals surface area contributed by atoms with Crippen LogP contribution in [0.15, 0.2) is 18.3 Å². The molecule has 1 aromatic rings. The third-order valence-corrected chi connectivity index (χ3v) is 2.87. The maximum Gasteiger partial charge on any atom is 0.272 e. The lowest BCUT2D eigenvalue weighted by atomic mass is 10.2. The van der Waals surface area contributed by atoms with Gasteiger partial charge in [-0.15, -0.1) is 0 Å². The molecule has 3 N–H and O–H groups in total. The topological polar surface area (TPSA) is 88.3 Å². The van der Waals surface area contributed by atoms with Crippen molar-refractivity contribution in [1.29, 1.82) is 0 Å². The lowest BCUT2D eigenvalue weighted by Crippen LogP contribution is -2.37. The van der Waals surface area contributed by atoms with Crippen molar-refractivity contribution >= 4 is 11.8 Å². The minimum atomic E-state index is -0.236. The first-order chi connectivity index (χ1) is 9.70. The molecule has 2 amide bonds. The number of nitrogens with zero attached hydrogens (tertiary/aromatic N) is 2. The summed E-state index contributed by atoms with van der Waals surface area (Å²) < 4.78 is 0. The molecule has 0 unspecified atom stereocenters. The molecule has 0 aliphatic carbocycles. The summed E-state index contributed by atoms with van der Waals surface area (Å²) in [6.07, 6.45) is 2.28. The van der Waals surface area contributed by atoms with E-state index in [0.29, 0.717) is 24.3 Å². The number of nitrogens with one attached hydrogen (secondary N) is 1. The Morgan fingerprint density at radius 3 is 3.05 bits per heavy atom. The Kier molecular flexibility index (Phi) is 4.69. The Morgan fingerprint density at radius 2 is 2.35 bits per heavy atom. The van der Waals surface area contributed by atoms with Gasteiger partial charge in [-0.3, -0.25) is 9.59 Å². The monoisotopic (exact) mass is 272 g/mol. The van der Waals surface area contributed by atoms with Crippen molar-refractivity contribution in [2.24, 2.45) is 5.73 Å². The minimum absolute atomic E-state index is 0.0786. The number of carbonyl (C=O) groups is 2. The fourth-order valence-electron chi connectivity index (χ4n) is 1.89. The van der Waals surface area contributed by atoms with Gasteiger partial charge in [0.2, 0.25) is 5.91 Å². The third kappa shape index (κ3) is 3.56. The molecule has 1 saturated heterocycles. The maximum atomic E-state index is 12.3. The highest BCUT2D eigenvalue weighted by Crippen LogP contribution is 2.06. The number of hydrogen-bond acceptors (Lipinski definition) is 4. The molecule has 0 saturated carbocycles. The number of nitrogens with two attached hydrogens (primary N) is 1. The molecule has 104 valence electrons. The Labute approximate surface area is 117 Å². The SMILES string of the molecule is NCC#Cc1ccc(C(=O)N2CCCNC(=O)C2)nc1. The van der Waals surface area contributed by atoms with Crippen LogP contribution >= 0.6 is 0 Å². The van der Waals surface area contributed by atoms with Crippen LogP contribution in [0.1, 0.15) is 22.5 Å². The number of carbonyl (C=O) groups excluding carboxylic acids is 2. The summed E-state index contributed by atoms with van der Waals surface area (Å²) >= 11 is 0. The van der Waals surface area contributed by atoms with Crippen molar-refractivity contribution in [3.8, 4) is 11.8 Å². The fraction of sp³-hybridized carbons (Fsp3) is 0.357. The van der Waals surface area contributed by atoms with Crippen LogP contribution in [0.3, 0.4) is 0 Å². The van der Waals surface area contributed by atoms with E-state index in [-0.39, 0.29) is 24.9 Å². The van der Waals surface area contributed by atoms with Crippen LogP contribution in [0.2, 0.25) is 0 Å². The molecule has 20 heavy (non-hydrogen) atoms. The van der Waals surface area contributed by atoms with Crippen LogP contribution < -0.4 is 11.1 Å². The Balaban J connectivity index is 2.10. The maximum absolute atomic E-state index is 12.3. The van der Waals surface area contributed by atoms with E-state index < -0.39 is 0 Å². The number of pyridine rings is 1. The molecule has 1 aliphatic rings. The van der Waals surface area contributed by atoms with Gasteiger partial charge in [-0.1, -0.05) is 11.8 Å². The second-order valence-electron chi connectivity index (χ2n) is 4.37. The first kappa shape index (κ1) is 14.0. The first-order valence-corrected chi connectivity index (χ1v) is 6.41. The van der Waals surface area contributed by atoms with E-state index in [1.165, 1.54) is 11.1 Å². The van der Waals surface area contributed by atoms with Crippen molar-refractivity contribution in [3.05, 3.63) is 29.6 Å². The largest absolute Gasteiger partial charge is 0.354 e. The Hall–Kier alpha value is -2.39. The highest BCUT2D eigenvalue weighted by atomic mass is 16.2. The molecular weight excluding hydrogens is 256 g/mol. The lowest BCUT2D eigenvalue weighted by Gasteiger charge is -2.18. The van der Waals surface area contributed by atoms with E-state index in [9.17, 15) is 9.59 Å². The molecule has 6 heteroatoms. The van der Waals surface area contributed by atoms with E-state index in [1.54, 1.807) is 12.1 Å². The van der Waals surface area contributed by atoms with Crippen molar-refractivity contribution in [1.82, 2.24) is 15.2 Å². The van der Waals surface area contributed by atoms with E-state index in [2.05, 4.69) is 22.1 Å². The van der Waals surface area contributed by atoms with Crippen molar-refractivity contribution in [3.63, 3.8) is 0 Å². The Morgan fingerprint density at radius 1 is 1.50 bits per heavy atom. The van der Waals surface area contributed by atoms with Crippen LogP contribution in [0, 0.1) is 11.8 Å². The molecule has 1 aliphatic heterocycles. The Bertz CT molecular complexity index is 557. The lowest BCUT2D eigenvalue weighted by molar-refractivity contribution is -0.121. The van der Waals surface area contributed by atoms with Gasteiger partial charge in [0.1, 0.15) is 5.69 Å². The number of amides is 2. The highest BCUT2D eigenvalue weighted by Gasteiger charge is 2.21. The second-order valence-corrected chi connectivity index (χ2v) is 4.37. The molecule has 0 radical (unpaired) electrons. The summed E-state index contributed by atoms with van der Waals surface area (Å²) in [7, 11) is 0. The molecule has 2 rings (SSSR count). The zero-order chi connectivity index (χ0) is 14.4. The van der Waals surface area contributed by atoms with E-state index in [0.717, 1.165) is 6.42 Å². The van der Waals surface area contributed by atoms with Gasteiger partial charge < -0.3 is 16.0 Å². The molecule has 0 bridgehead atoms. The summed E-state index contributed by atoms with van der Waals surface area (Å²) in [5.41, 5.74) is 6.31. The molecule has 1 aromatic heterocycles. The number of rotatable bonds is 1. The van der Waals surface area contributed by atoms with Gasteiger partial charge in [-0.05, 0) is 18.6 Å². The molecule has 0 aromatic carbocycles. The highest BCUT2D eigenvalue weighted by molar-refractivity contribution is 5.95. The summed E-state index contributed by atoms with van der Waals surface area (Å²) in [6, 6.07) is 3.34. The zero-order valence-electron chi connectivity index (χ0n) is 11.1.